The molecule has 0 bridgehead atoms. The predicted molar refractivity (Wildman–Crippen MR) is 107 cm³/mol. The summed E-state index contributed by atoms with van der Waals surface area (Å²) in [6.07, 6.45) is 0. The van der Waals surface area contributed by atoms with E-state index in [0.717, 1.165) is 24.4 Å². The van der Waals surface area contributed by atoms with Crippen LogP contribution in [0.1, 0.15) is 11.6 Å². The monoisotopic (exact) mass is 389 g/mol. The van der Waals surface area contributed by atoms with Crippen LogP contribution < -0.4 is 15.4 Å². The van der Waals surface area contributed by atoms with Gasteiger partial charge in [0.1, 0.15) is 5.75 Å². The second-order valence-corrected chi connectivity index (χ2v) is 6.72. The molecule has 2 aromatic carbocycles. The number of ether oxygens (including phenoxy) is 2. The number of anilines is 1. The first kappa shape index (κ1) is 19.5. The summed E-state index contributed by atoms with van der Waals surface area (Å²) in [6, 6.07) is 14.8. The van der Waals surface area contributed by atoms with Gasteiger partial charge in [0.05, 0.1) is 26.4 Å². The number of morpholine rings is 1. The Hall–Kier alpha value is -2.28. The molecule has 1 heterocycles. The molecule has 1 fully saturated rings. The maximum Gasteiger partial charge on any atom is 0.319 e. The van der Waals surface area contributed by atoms with Gasteiger partial charge in [0.2, 0.25) is 0 Å². The average Bonchev–Trinajstić information content (AvgIpc) is 2.69. The molecule has 1 aliphatic rings. The van der Waals surface area contributed by atoms with Crippen LogP contribution in [0.4, 0.5) is 10.5 Å². The van der Waals surface area contributed by atoms with Crippen LogP contribution in [0.3, 0.4) is 0 Å². The van der Waals surface area contributed by atoms with Gasteiger partial charge < -0.3 is 20.1 Å². The van der Waals surface area contributed by atoms with Crippen molar-refractivity contribution in [2.45, 2.75) is 6.04 Å². The van der Waals surface area contributed by atoms with Crippen molar-refractivity contribution in [2.24, 2.45) is 0 Å². The number of hydrogen-bond acceptors (Lipinski definition) is 4. The Morgan fingerprint density at radius 2 is 2.00 bits per heavy atom. The second-order valence-electron chi connectivity index (χ2n) is 6.29. The van der Waals surface area contributed by atoms with Crippen molar-refractivity contribution in [2.75, 3.05) is 45.3 Å². The molecular formula is C20H24ClN3O3. The van der Waals surface area contributed by atoms with Crippen LogP contribution in [0, 0.1) is 0 Å². The zero-order chi connectivity index (χ0) is 19.1. The third kappa shape index (κ3) is 5.60. The largest absolute Gasteiger partial charge is 0.497 e. The lowest BCUT2D eigenvalue weighted by Crippen LogP contribution is -2.44. The molecule has 6 nitrogen and oxygen atoms in total. The summed E-state index contributed by atoms with van der Waals surface area (Å²) in [6.45, 7) is 3.49. The Bertz CT molecular complexity index is 766. The molecule has 1 atom stereocenters. The van der Waals surface area contributed by atoms with Crippen LogP contribution in [0.2, 0.25) is 5.02 Å². The van der Waals surface area contributed by atoms with Crippen molar-refractivity contribution >= 4 is 23.3 Å². The number of carbonyl (C=O) groups excluding carboxylic acids is 1. The molecule has 0 aliphatic carbocycles. The number of carbonyl (C=O) groups is 1. The summed E-state index contributed by atoms with van der Waals surface area (Å²) in [7, 11) is 1.65. The molecule has 3 rings (SSSR count). The van der Waals surface area contributed by atoms with Crippen molar-refractivity contribution in [3.8, 4) is 5.75 Å². The topological polar surface area (TPSA) is 62.8 Å². The maximum absolute atomic E-state index is 12.3. The van der Waals surface area contributed by atoms with E-state index in [9.17, 15) is 4.79 Å². The molecule has 2 amide bonds. The fourth-order valence-electron chi connectivity index (χ4n) is 3.13. The molecule has 0 aromatic heterocycles. The Morgan fingerprint density at radius 3 is 2.74 bits per heavy atom. The Morgan fingerprint density at radius 1 is 1.22 bits per heavy atom. The molecule has 7 heteroatoms. The van der Waals surface area contributed by atoms with Gasteiger partial charge in [0, 0.05) is 30.3 Å². The summed E-state index contributed by atoms with van der Waals surface area (Å²) >= 11 is 5.96. The van der Waals surface area contributed by atoms with E-state index in [-0.39, 0.29) is 12.1 Å². The van der Waals surface area contributed by atoms with Crippen LogP contribution in [0.25, 0.3) is 0 Å². The van der Waals surface area contributed by atoms with Crippen molar-refractivity contribution in [3.05, 3.63) is 59.1 Å². The van der Waals surface area contributed by atoms with E-state index in [2.05, 4.69) is 21.6 Å². The van der Waals surface area contributed by atoms with Crippen molar-refractivity contribution < 1.29 is 14.3 Å². The highest BCUT2D eigenvalue weighted by Crippen LogP contribution is 2.25. The average molecular weight is 390 g/mol. The normalized spacial score (nSPS) is 15.8. The number of urea groups is 1. The number of hydrogen-bond donors (Lipinski definition) is 2. The van der Waals surface area contributed by atoms with Gasteiger partial charge in [-0.3, -0.25) is 4.90 Å². The second kappa shape index (κ2) is 9.60. The highest BCUT2D eigenvalue weighted by molar-refractivity contribution is 6.30. The van der Waals surface area contributed by atoms with Crippen LogP contribution >= 0.6 is 11.6 Å². The summed E-state index contributed by atoms with van der Waals surface area (Å²) in [5.41, 5.74) is 1.75. The fraction of sp³-hybridized carbons (Fsp3) is 0.350. The van der Waals surface area contributed by atoms with E-state index in [1.807, 2.05) is 18.2 Å². The lowest BCUT2D eigenvalue weighted by atomic mass is 10.0. The minimum absolute atomic E-state index is 0.0362. The molecule has 1 unspecified atom stereocenters. The molecular weight excluding hydrogens is 366 g/mol. The van der Waals surface area contributed by atoms with E-state index in [1.54, 1.807) is 31.4 Å². The Labute approximate surface area is 164 Å². The fourth-order valence-corrected chi connectivity index (χ4v) is 3.32. The summed E-state index contributed by atoms with van der Waals surface area (Å²) < 4.78 is 10.8. The number of amides is 2. The Balaban J connectivity index is 1.68. The van der Waals surface area contributed by atoms with Crippen LogP contribution in [0.5, 0.6) is 5.75 Å². The first-order chi connectivity index (χ1) is 13.2. The first-order valence-electron chi connectivity index (χ1n) is 8.92. The summed E-state index contributed by atoms with van der Waals surface area (Å²) in [5, 5.41) is 6.36. The van der Waals surface area contributed by atoms with Crippen LogP contribution in [0.15, 0.2) is 48.5 Å². The standard InChI is InChI=1S/C20H24ClN3O3/c1-26-18-7-2-4-15(12-18)19(24-8-10-27-11-9-24)14-22-20(25)23-17-6-3-5-16(21)13-17/h2-7,12-13,19H,8-11,14H2,1H3,(H2,22,23,25). The van der Waals surface area contributed by atoms with Gasteiger partial charge in [-0.05, 0) is 35.9 Å². The number of rotatable bonds is 6. The number of nitrogens with one attached hydrogen (secondary N) is 2. The Kier molecular flexibility index (Phi) is 6.92. The molecule has 0 spiro atoms. The molecule has 1 saturated heterocycles. The van der Waals surface area contributed by atoms with Crippen molar-refractivity contribution in [3.63, 3.8) is 0 Å². The van der Waals surface area contributed by atoms with E-state index >= 15 is 0 Å². The zero-order valence-electron chi connectivity index (χ0n) is 15.3. The zero-order valence-corrected chi connectivity index (χ0v) is 16.0. The minimum atomic E-state index is -0.265. The van der Waals surface area contributed by atoms with E-state index in [4.69, 9.17) is 21.1 Å². The summed E-state index contributed by atoms with van der Waals surface area (Å²) in [4.78, 5) is 14.6. The van der Waals surface area contributed by atoms with Gasteiger partial charge in [-0.15, -0.1) is 0 Å². The van der Waals surface area contributed by atoms with Crippen LogP contribution in [-0.4, -0.2) is 50.9 Å². The minimum Gasteiger partial charge on any atom is -0.497 e. The lowest BCUT2D eigenvalue weighted by Gasteiger charge is -2.35. The molecule has 1 aliphatic heterocycles. The number of halogens is 1. The smallest absolute Gasteiger partial charge is 0.319 e. The maximum atomic E-state index is 12.3. The molecule has 2 aromatic rings. The molecule has 0 radical (unpaired) electrons. The van der Waals surface area contributed by atoms with Gasteiger partial charge in [0.15, 0.2) is 0 Å². The van der Waals surface area contributed by atoms with Gasteiger partial charge in [-0.2, -0.15) is 0 Å². The van der Waals surface area contributed by atoms with E-state index in [0.29, 0.717) is 30.5 Å². The van der Waals surface area contributed by atoms with Gasteiger partial charge in [0.25, 0.3) is 0 Å². The number of methoxy groups -OCH3 is 1. The molecule has 27 heavy (non-hydrogen) atoms. The molecule has 2 N–H and O–H groups in total. The number of nitrogens with zero attached hydrogens (tertiary/aromatic N) is 1. The third-order valence-corrected chi connectivity index (χ3v) is 4.74. The molecule has 0 saturated carbocycles. The first-order valence-corrected chi connectivity index (χ1v) is 9.29. The van der Waals surface area contributed by atoms with E-state index in [1.165, 1.54) is 0 Å². The quantitative estimate of drug-likeness (QED) is 0.793. The van der Waals surface area contributed by atoms with Gasteiger partial charge >= 0.3 is 6.03 Å². The third-order valence-electron chi connectivity index (χ3n) is 4.50. The SMILES string of the molecule is COc1cccc(C(CNC(=O)Nc2cccc(Cl)c2)N2CCOCC2)c1. The highest BCUT2D eigenvalue weighted by atomic mass is 35.5. The van der Waals surface area contributed by atoms with Gasteiger partial charge in [-0.1, -0.05) is 29.8 Å². The van der Waals surface area contributed by atoms with Crippen LogP contribution in [-0.2, 0) is 4.74 Å². The highest BCUT2D eigenvalue weighted by Gasteiger charge is 2.23. The van der Waals surface area contributed by atoms with Crippen molar-refractivity contribution in [1.29, 1.82) is 0 Å². The summed E-state index contributed by atoms with van der Waals surface area (Å²) in [5.74, 6) is 0.800. The molecule has 144 valence electrons. The van der Waals surface area contributed by atoms with E-state index < -0.39 is 0 Å². The predicted octanol–water partition coefficient (Wildman–Crippen LogP) is 3.54. The lowest BCUT2D eigenvalue weighted by molar-refractivity contribution is 0.0167. The van der Waals surface area contributed by atoms with Crippen molar-refractivity contribution in [1.82, 2.24) is 10.2 Å². The number of benzene rings is 2. The van der Waals surface area contributed by atoms with Gasteiger partial charge in [-0.25, -0.2) is 4.79 Å².